The molecule has 2 heterocycles. The summed E-state index contributed by atoms with van der Waals surface area (Å²) in [6.07, 6.45) is 1.38. The van der Waals surface area contributed by atoms with Crippen molar-refractivity contribution < 1.29 is 9.59 Å². The number of nitrogens with zero attached hydrogens (tertiary/aromatic N) is 3. The smallest absolute Gasteiger partial charge is 0.341 e. The Hall–Kier alpha value is -3.68. The molecule has 0 spiro atoms. The van der Waals surface area contributed by atoms with Crippen molar-refractivity contribution >= 4 is 11.8 Å². The van der Waals surface area contributed by atoms with Gasteiger partial charge in [-0.1, -0.05) is 61.5 Å². The first-order chi connectivity index (χ1) is 15.5. The van der Waals surface area contributed by atoms with Crippen molar-refractivity contribution in [2.45, 2.75) is 19.8 Å². The Morgan fingerprint density at radius 2 is 1.84 bits per heavy atom. The highest BCUT2D eigenvalue weighted by Gasteiger charge is 2.33. The molecule has 4 rings (SSSR count). The van der Waals surface area contributed by atoms with E-state index in [1.807, 2.05) is 42.2 Å². The van der Waals surface area contributed by atoms with Crippen molar-refractivity contribution in [3.63, 3.8) is 0 Å². The van der Waals surface area contributed by atoms with Gasteiger partial charge in [-0.3, -0.25) is 14.6 Å². The second-order valence-electron chi connectivity index (χ2n) is 8.07. The van der Waals surface area contributed by atoms with Crippen LogP contribution >= 0.6 is 0 Å². The van der Waals surface area contributed by atoms with Crippen LogP contribution in [0.4, 0.5) is 0 Å². The van der Waals surface area contributed by atoms with E-state index >= 15 is 0 Å². The van der Waals surface area contributed by atoms with Gasteiger partial charge in [0.1, 0.15) is 0 Å². The maximum Gasteiger partial charge on any atom is 0.341 e. The van der Waals surface area contributed by atoms with Crippen molar-refractivity contribution in [1.29, 1.82) is 0 Å². The van der Waals surface area contributed by atoms with E-state index in [0.29, 0.717) is 26.1 Å². The summed E-state index contributed by atoms with van der Waals surface area (Å²) in [5.74, 6) is -0.721. The van der Waals surface area contributed by atoms with Crippen LogP contribution in [0.15, 0.2) is 59.4 Å². The topological polar surface area (TPSA) is 102 Å². The molecular weight excluding hydrogens is 406 g/mol. The van der Waals surface area contributed by atoms with Crippen LogP contribution in [0.3, 0.4) is 0 Å². The zero-order valence-corrected chi connectivity index (χ0v) is 18.1. The number of aromatic amines is 2. The summed E-state index contributed by atoms with van der Waals surface area (Å²) in [4.78, 5) is 43.5. The fourth-order valence-electron chi connectivity index (χ4n) is 4.19. The summed E-state index contributed by atoms with van der Waals surface area (Å²) in [5.41, 5.74) is 2.73. The number of amides is 2. The van der Waals surface area contributed by atoms with E-state index < -0.39 is 5.69 Å². The van der Waals surface area contributed by atoms with Crippen LogP contribution in [0.1, 0.15) is 29.5 Å². The molecule has 166 valence electrons. The summed E-state index contributed by atoms with van der Waals surface area (Å²) >= 11 is 0. The number of carbonyl (C=O) groups is 2. The van der Waals surface area contributed by atoms with Crippen LogP contribution in [0.25, 0.3) is 11.1 Å². The lowest BCUT2D eigenvalue weighted by molar-refractivity contribution is -0.134. The normalized spacial score (nSPS) is 16.8. The lowest BCUT2D eigenvalue weighted by Crippen LogP contribution is -2.38. The molecule has 2 aromatic carbocycles. The first-order valence-electron chi connectivity index (χ1n) is 10.9. The van der Waals surface area contributed by atoms with Crippen LogP contribution in [0, 0.1) is 5.92 Å². The Labute approximate surface area is 186 Å². The number of benzene rings is 2. The molecule has 1 saturated heterocycles. The van der Waals surface area contributed by atoms with Crippen LogP contribution in [0.2, 0.25) is 0 Å². The minimum atomic E-state index is -0.527. The lowest BCUT2D eigenvalue weighted by atomic mass is 9.94. The number of carbonyl (C=O) groups excluding carboxylic acids is 2. The molecule has 32 heavy (non-hydrogen) atoms. The third-order valence-corrected chi connectivity index (χ3v) is 5.74. The third-order valence-electron chi connectivity index (χ3n) is 5.74. The Bertz CT molecular complexity index is 1140. The zero-order chi connectivity index (χ0) is 22.5. The molecule has 8 nitrogen and oxygen atoms in total. The Balaban J connectivity index is 1.58. The highest BCUT2D eigenvalue weighted by Crippen LogP contribution is 2.23. The summed E-state index contributed by atoms with van der Waals surface area (Å²) in [5, 5.41) is 6.00. The number of H-pyrrole nitrogens is 2. The second kappa shape index (κ2) is 9.64. The maximum absolute atomic E-state index is 13.3. The van der Waals surface area contributed by atoms with Crippen LogP contribution < -0.4 is 5.69 Å². The standard InChI is InChI=1S/C24H27N5O3/c1-2-11-28-12-13-29(23(31)21-25-24(32)27-26-21)16-20(22(28)30)15-17-7-6-10-19(14-17)18-8-4-3-5-9-18/h3-10,14,20H,2,11-13,15-16H2,1H3,(H2,25,26,27,32)/t20-/m0/s1. The summed E-state index contributed by atoms with van der Waals surface area (Å²) in [6.45, 7) is 3.84. The van der Waals surface area contributed by atoms with Crippen molar-refractivity contribution in [2.75, 3.05) is 26.2 Å². The predicted molar refractivity (Wildman–Crippen MR) is 121 cm³/mol. The highest BCUT2D eigenvalue weighted by molar-refractivity contribution is 5.91. The van der Waals surface area contributed by atoms with Gasteiger partial charge in [0.2, 0.25) is 11.7 Å². The molecule has 1 aliphatic heterocycles. The highest BCUT2D eigenvalue weighted by atomic mass is 16.2. The van der Waals surface area contributed by atoms with Gasteiger partial charge in [-0.25, -0.2) is 9.89 Å². The van der Waals surface area contributed by atoms with Gasteiger partial charge in [-0.05, 0) is 29.5 Å². The number of rotatable bonds is 6. The van der Waals surface area contributed by atoms with Gasteiger partial charge in [0.25, 0.3) is 5.91 Å². The quantitative estimate of drug-likeness (QED) is 0.623. The number of aromatic nitrogens is 3. The van der Waals surface area contributed by atoms with E-state index in [4.69, 9.17) is 0 Å². The first-order valence-corrected chi connectivity index (χ1v) is 10.9. The van der Waals surface area contributed by atoms with Crippen LogP contribution in [0.5, 0.6) is 0 Å². The molecule has 0 aliphatic carbocycles. The molecule has 1 fully saturated rings. The fraction of sp³-hybridized carbons (Fsp3) is 0.333. The average Bonchev–Trinajstić information content (AvgIpc) is 3.20. The molecule has 0 bridgehead atoms. The van der Waals surface area contributed by atoms with Crippen LogP contribution in [-0.2, 0) is 11.2 Å². The van der Waals surface area contributed by atoms with Crippen molar-refractivity contribution in [3.05, 3.63) is 76.5 Å². The van der Waals surface area contributed by atoms with E-state index in [9.17, 15) is 14.4 Å². The molecule has 2 amide bonds. The number of hydrogen-bond donors (Lipinski definition) is 2. The van der Waals surface area contributed by atoms with Gasteiger partial charge in [0, 0.05) is 26.2 Å². The average molecular weight is 434 g/mol. The molecule has 1 atom stereocenters. The van der Waals surface area contributed by atoms with Crippen molar-refractivity contribution in [2.24, 2.45) is 5.92 Å². The predicted octanol–water partition coefficient (Wildman–Crippen LogP) is 2.32. The largest absolute Gasteiger partial charge is 0.341 e. The first kappa shape index (κ1) is 21.5. The van der Waals surface area contributed by atoms with Gasteiger partial charge >= 0.3 is 5.69 Å². The van der Waals surface area contributed by atoms with Gasteiger partial charge < -0.3 is 9.80 Å². The van der Waals surface area contributed by atoms with E-state index in [-0.39, 0.29) is 30.1 Å². The van der Waals surface area contributed by atoms with E-state index in [0.717, 1.165) is 23.1 Å². The van der Waals surface area contributed by atoms with Gasteiger partial charge in [-0.15, -0.1) is 5.10 Å². The lowest BCUT2D eigenvalue weighted by Gasteiger charge is -2.23. The maximum atomic E-state index is 13.3. The molecule has 0 radical (unpaired) electrons. The molecule has 0 saturated carbocycles. The van der Waals surface area contributed by atoms with Gasteiger partial charge in [0.05, 0.1) is 5.92 Å². The SMILES string of the molecule is CCCN1CCN(C(=O)c2n[nH]c(=O)[nH]2)C[C@H](Cc2cccc(-c3ccccc3)c2)C1=O. The Morgan fingerprint density at radius 3 is 2.56 bits per heavy atom. The number of hydrogen-bond acceptors (Lipinski definition) is 4. The van der Waals surface area contributed by atoms with E-state index in [2.05, 4.69) is 39.4 Å². The van der Waals surface area contributed by atoms with E-state index in [1.165, 1.54) is 0 Å². The molecule has 1 aliphatic rings. The minimum absolute atomic E-state index is 0.0313. The molecule has 0 unspecified atom stereocenters. The van der Waals surface area contributed by atoms with Gasteiger partial charge in [0.15, 0.2) is 0 Å². The molecule has 1 aromatic heterocycles. The molecule has 8 heteroatoms. The Kier molecular flexibility index (Phi) is 6.49. The van der Waals surface area contributed by atoms with E-state index in [1.54, 1.807) is 4.90 Å². The summed E-state index contributed by atoms with van der Waals surface area (Å²) in [6, 6.07) is 18.3. The minimum Gasteiger partial charge on any atom is -0.341 e. The molecular formula is C24H27N5O3. The summed E-state index contributed by atoms with van der Waals surface area (Å²) < 4.78 is 0. The molecule has 3 aromatic rings. The third kappa shape index (κ3) is 4.80. The fourth-order valence-corrected chi connectivity index (χ4v) is 4.19. The monoisotopic (exact) mass is 433 g/mol. The second-order valence-corrected chi connectivity index (χ2v) is 8.07. The zero-order valence-electron chi connectivity index (χ0n) is 18.1. The molecule has 2 N–H and O–H groups in total. The van der Waals surface area contributed by atoms with Crippen molar-refractivity contribution in [3.8, 4) is 11.1 Å². The van der Waals surface area contributed by atoms with Crippen LogP contribution in [-0.4, -0.2) is 63.0 Å². The number of nitrogens with one attached hydrogen (secondary N) is 2. The Morgan fingerprint density at radius 1 is 1.06 bits per heavy atom. The van der Waals surface area contributed by atoms with Crippen molar-refractivity contribution in [1.82, 2.24) is 25.0 Å². The summed E-state index contributed by atoms with van der Waals surface area (Å²) in [7, 11) is 0. The van der Waals surface area contributed by atoms with Gasteiger partial charge in [-0.2, -0.15) is 0 Å².